The molecule has 0 spiro atoms. The van der Waals surface area contributed by atoms with Crippen LogP contribution in [0.25, 0.3) is 0 Å². The van der Waals surface area contributed by atoms with Crippen molar-refractivity contribution in [2.75, 3.05) is 19.4 Å². The molecular weight excluding hydrogens is 262 g/mol. The number of hydrogen-bond acceptors (Lipinski definition) is 4. The molecule has 5 heteroatoms. The van der Waals surface area contributed by atoms with Crippen molar-refractivity contribution in [3.63, 3.8) is 0 Å². The normalized spacial score (nSPS) is 24.6. The van der Waals surface area contributed by atoms with Gasteiger partial charge < -0.3 is 9.64 Å². The molecule has 2 saturated heterocycles. The number of hydrogen-bond donors (Lipinski definition) is 0. The number of methoxy groups -OCH3 is 1. The van der Waals surface area contributed by atoms with Crippen LogP contribution in [-0.2, 0) is 4.74 Å². The van der Waals surface area contributed by atoms with Crippen LogP contribution in [0.2, 0.25) is 0 Å². The summed E-state index contributed by atoms with van der Waals surface area (Å²) in [5.41, 5.74) is 1.11. The first-order valence-corrected chi connectivity index (χ1v) is 7.35. The van der Waals surface area contributed by atoms with Gasteiger partial charge in [-0.3, -0.25) is 4.79 Å². The van der Waals surface area contributed by atoms with E-state index in [1.54, 1.807) is 24.3 Å². The standard InChI is InChI=1S/C14H15NO3S/c1-18-14(17)10-4-2-9(3-5-10)13(16)15-7-12-6-11(15)8-19-12/h2-5,11-12H,6-8H2,1H3. The van der Waals surface area contributed by atoms with Crippen LogP contribution in [0.1, 0.15) is 27.1 Å². The first-order valence-electron chi connectivity index (χ1n) is 6.30. The largest absolute Gasteiger partial charge is 0.465 e. The van der Waals surface area contributed by atoms with Crippen molar-refractivity contribution in [1.29, 1.82) is 0 Å². The Balaban J connectivity index is 1.75. The lowest BCUT2D eigenvalue weighted by Crippen LogP contribution is -2.39. The molecular formula is C14H15NO3S. The predicted octanol–water partition coefficient (Wildman–Crippen LogP) is 1.80. The van der Waals surface area contributed by atoms with Gasteiger partial charge in [0.15, 0.2) is 0 Å². The van der Waals surface area contributed by atoms with Gasteiger partial charge in [0.05, 0.1) is 12.7 Å². The number of ether oxygens (including phenoxy) is 1. The van der Waals surface area contributed by atoms with Gasteiger partial charge in [-0.05, 0) is 30.7 Å². The zero-order valence-corrected chi connectivity index (χ0v) is 11.5. The first kappa shape index (κ1) is 12.5. The Hall–Kier alpha value is -1.49. The third-order valence-corrected chi connectivity index (χ3v) is 5.10. The number of likely N-dealkylation sites (tertiary alicyclic amines) is 1. The van der Waals surface area contributed by atoms with Crippen molar-refractivity contribution in [3.05, 3.63) is 35.4 Å². The molecule has 0 N–H and O–H groups in total. The Morgan fingerprint density at radius 2 is 1.95 bits per heavy atom. The van der Waals surface area contributed by atoms with Crippen molar-refractivity contribution in [2.45, 2.75) is 17.7 Å². The molecule has 1 aromatic carbocycles. The minimum Gasteiger partial charge on any atom is -0.465 e. The second-order valence-corrected chi connectivity index (χ2v) is 6.20. The molecule has 3 rings (SSSR count). The predicted molar refractivity (Wildman–Crippen MR) is 73.5 cm³/mol. The maximum absolute atomic E-state index is 12.4. The minimum atomic E-state index is -0.379. The topological polar surface area (TPSA) is 46.6 Å². The van der Waals surface area contributed by atoms with Gasteiger partial charge in [0.1, 0.15) is 0 Å². The van der Waals surface area contributed by atoms with Crippen LogP contribution >= 0.6 is 11.8 Å². The highest BCUT2D eigenvalue weighted by molar-refractivity contribution is 8.00. The van der Waals surface area contributed by atoms with Gasteiger partial charge in [0.2, 0.25) is 0 Å². The summed E-state index contributed by atoms with van der Waals surface area (Å²) >= 11 is 1.96. The van der Waals surface area contributed by atoms with Crippen LogP contribution in [0.4, 0.5) is 0 Å². The van der Waals surface area contributed by atoms with Crippen molar-refractivity contribution in [2.24, 2.45) is 0 Å². The van der Waals surface area contributed by atoms with E-state index in [-0.39, 0.29) is 11.9 Å². The Morgan fingerprint density at radius 1 is 1.26 bits per heavy atom. The number of amides is 1. The number of nitrogens with zero attached hydrogens (tertiary/aromatic N) is 1. The van der Waals surface area contributed by atoms with Crippen molar-refractivity contribution in [1.82, 2.24) is 4.90 Å². The lowest BCUT2D eigenvalue weighted by molar-refractivity contribution is 0.0599. The fourth-order valence-corrected chi connectivity index (χ4v) is 4.12. The molecule has 1 amide bonds. The van der Waals surface area contributed by atoms with E-state index in [2.05, 4.69) is 4.74 Å². The Kier molecular flexibility index (Phi) is 3.22. The fraction of sp³-hybridized carbons (Fsp3) is 0.429. The average molecular weight is 277 g/mol. The van der Waals surface area contributed by atoms with Gasteiger partial charge in [-0.25, -0.2) is 4.79 Å². The molecule has 0 saturated carbocycles. The zero-order valence-electron chi connectivity index (χ0n) is 10.7. The van der Waals surface area contributed by atoms with E-state index in [9.17, 15) is 9.59 Å². The molecule has 100 valence electrons. The van der Waals surface area contributed by atoms with Crippen LogP contribution in [0.5, 0.6) is 0 Å². The highest BCUT2D eigenvalue weighted by Crippen LogP contribution is 2.38. The van der Waals surface area contributed by atoms with E-state index in [1.807, 2.05) is 16.7 Å². The summed E-state index contributed by atoms with van der Waals surface area (Å²) in [6, 6.07) is 7.08. The molecule has 2 bridgehead atoms. The monoisotopic (exact) mass is 277 g/mol. The number of fused-ring (bicyclic) bond motifs is 2. The lowest BCUT2D eigenvalue weighted by Gasteiger charge is -2.26. The Morgan fingerprint density at radius 3 is 2.47 bits per heavy atom. The summed E-state index contributed by atoms with van der Waals surface area (Å²) in [5, 5.41) is 0.614. The third kappa shape index (κ3) is 2.23. The molecule has 2 fully saturated rings. The molecule has 19 heavy (non-hydrogen) atoms. The summed E-state index contributed by atoms with van der Waals surface area (Å²) in [6.45, 7) is 0.854. The van der Waals surface area contributed by atoms with Crippen LogP contribution in [-0.4, -0.2) is 47.5 Å². The first-order chi connectivity index (χ1) is 9.19. The van der Waals surface area contributed by atoms with Gasteiger partial charge >= 0.3 is 5.97 Å². The van der Waals surface area contributed by atoms with Crippen molar-refractivity contribution in [3.8, 4) is 0 Å². The number of rotatable bonds is 2. The van der Waals surface area contributed by atoms with Gasteiger partial charge in [-0.15, -0.1) is 0 Å². The second-order valence-electron chi connectivity index (χ2n) is 4.87. The maximum atomic E-state index is 12.4. The smallest absolute Gasteiger partial charge is 0.337 e. The minimum absolute atomic E-state index is 0.0733. The van der Waals surface area contributed by atoms with Crippen LogP contribution in [0.3, 0.4) is 0 Å². The van der Waals surface area contributed by atoms with E-state index in [1.165, 1.54) is 7.11 Å². The number of thioether (sulfide) groups is 1. The van der Waals surface area contributed by atoms with Gasteiger partial charge in [0, 0.05) is 29.2 Å². The van der Waals surface area contributed by atoms with Crippen molar-refractivity contribution < 1.29 is 14.3 Å². The second kappa shape index (κ2) is 4.89. The van der Waals surface area contributed by atoms with E-state index < -0.39 is 0 Å². The molecule has 0 radical (unpaired) electrons. The SMILES string of the molecule is COC(=O)c1ccc(C(=O)N2CC3CC2CS3)cc1. The Bertz CT molecular complexity index is 514. The van der Waals surface area contributed by atoms with Crippen LogP contribution < -0.4 is 0 Å². The Labute approximate surface area is 116 Å². The molecule has 2 aliphatic heterocycles. The highest BCUT2D eigenvalue weighted by atomic mass is 32.2. The summed E-state index contributed by atoms with van der Waals surface area (Å²) < 4.78 is 4.64. The molecule has 2 unspecified atom stereocenters. The fourth-order valence-electron chi connectivity index (χ4n) is 2.68. The van der Waals surface area contributed by atoms with E-state index in [0.29, 0.717) is 22.4 Å². The lowest BCUT2D eigenvalue weighted by atomic mass is 10.1. The van der Waals surface area contributed by atoms with E-state index in [4.69, 9.17) is 0 Å². The average Bonchev–Trinajstić information content (AvgIpc) is 3.08. The van der Waals surface area contributed by atoms with Gasteiger partial charge in [-0.1, -0.05) is 0 Å². The summed E-state index contributed by atoms with van der Waals surface area (Å²) in [5.74, 6) is 0.747. The van der Waals surface area contributed by atoms with Gasteiger partial charge in [0.25, 0.3) is 5.91 Å². The molecule has 2 atom stereocenters. The van der Waals surface area contributed by atoms with Crippen molar-refractivity contribution >= 4 is 23.6 Å². The van der Waals surface area contributed by atoms with E-state index >= 15 is 0 Å². The van der Waals surface area contributed by atoms with Crippen LogP contribution in [0.15, 0.2) is 24.3 Å². The number of carbonyl (C=O) groups is 2. The highest BCUT2D eigenvalue weighted by Gasteiger charge is 2.41. The summed E-state index contributed by atoms with van der Waals surface area (Å²) in [7, 11) is 1.35. The molecule has 2 aliphatic rings. The number of esters is 1. The molecule has 0 aromatic heterocycles. The number of benzene rings is 1. The van der Waals surface area contributed by atoms with Crippen LogP contribution in [0, 0.1) is 0 Å². The molecule has 1 aromatic rings. The molecule has 0 aliphatic carbocycles. The summed E-state index contributed by atoms with van der Waals surface area (Å²) in [6.07, 6.45) is 1.12. The maximum Gasteiger partial charge on any atom is 0.337 e. The van der Waals surface area contributed by atoms with Gasteiger partial charge in [-0.2, -0.15) is 11.8 Å². The van der Waals surface area contributed by atoms with E-state index in [0.717, 1.165) is 18.7 Å². The third-order valence-electron chi connectivity index (χ3n) is 3.71. The quantitative estimate of drug-likeness (QED) is 0.773. The zero-order chi connectivity index (χ0) is 13.4. The summed E-state index contributed by atoms with van der Waals surface area (Å²) in [4.78, 5) is 25.7. The molecule has 2 heterocycles. The number of carbonyl (C=O) groups excluding carboxylic acids is 2. The molecule has 4 nitrogen and oxygen atoms in total.